The number of nitro benzene ring substituents is 1. The highest BCUT2D eigenvalue weighted by Crippen LogP contribution is 2.36. The van der Waals surface area contributed by atoms with Crippen molar-refractivity contribution < 1.29 is 9.66 Å². The largest absolute Gasteiger partial charge is 0.431 e. The maximum Gasteiger partial charge on any atom is 0.314 e. The minimum atomic E-state index is -0.591. The number of nitro groups is 1. The van der Waals surface area contributed by atoms with Gasteiger partial charge in [0, 0.05) is 24.9 Å². The third kappa shape index (κ3) is 3.45. The summed E-state index contributed by atoms with van der Waals surface area (Å²) >= 11 is 1.88. The number of pyridine rings is 1. The summed E-state index contributed by atoms with van der Waals surface area (Å²) in [6, 6.07) is 7.87. The van der Waals surface area contributed by atoms with Crippen molar-refractivity contribution in [1.29, 1.82) is 5.26 Å². The van der Waals surface area contributed by atoms with Crippen molar-refractivity contribution in [3.63, 3.8) is 0 Å². The topological polar surface area (TPSA) is 115 Å². The molecule has 7 nitrogen and oxygen atoms in total. The van der Waals surface area contributed by atoms with Crippen LogP contribution < -0.4 is 10.5 Å². The molecule has 2 rings (SSSR count). The van der Waals surface area contributed by atoms with Crippen molar-refractivity contribution >= 4 is 28.3 Å². The lowest BCUT2D eigenvalue weighted by molar-refractivity contribution is -0.385. The van der Waals surface area contributed by atoms with Crippen molar-refractivity contribution in [3.05, 3.63) is 55.3 Å². The van der Waals surface area contributed by atoms with Crippen LogP contribution in [0.5, 0.6) is 11.6 Å². The molecule has 106 valence electrons. The first-order valence-corrected chi connectivity index (χ1v) is 6.84. The van der Waals surface area contributed by atoms with E-state index in [9.17, 15) is 10.1 Å². The molecule has 0 saturated carbocycles. The van der Waals surface area contributed by atoms with Crippen LogP contribution >= 0.6 is 22.6 Å². The highest BCUT2D eigenvalue weighted by molar-refractivity contribution is 14.1. The predicted octanol–water partition coefficient (Wildman–Crippen LogP) is 2.72. The molecule has 0 saturated heterocycles. The lowest BCUT2D eigenvalue weighted by Gasteiger charge is -2.08. The SMILES string of the molecule is N#Cc1cc(I)c(Oc2ccc(CN)cn2)c([N+](=O)[O-])c1. The number of hydrogen-bond donors (Lipinski definition) is 1. The highest BCUT2D eigenvalue weighted by atomic mass is 127. The minimum Gasteiger partial charge on any atom is -0.431 e. The third-order valence-corrected chi connectivity index (χ3v) is 3.39. The van der Waals surface area contributed by atoms with Crippen LogP contribution in [0.3, 0.4) is 0 Å². The summed E-state index contributed by atoms with van der Waals surface area (Å²) in [5.41, 5.74) is 6.22. The van der Waals surface area contributed by atoms with Gasteiger partial charge in [0.05, 0.1) is 20.1 Å². The maximum atomic E-state index is 11.1. The molecular formula is C13H9IN4O3. The number of nitrogens with two attached hydrogens (primary N) is 1. The van der Waals surface area contributed by atoms with Crippen molar-refractivity contribution in [2.45, 2.75) is 6.54 Å². The number of nitriles is 1. The fraction of sp³-hybridized carbons (Fsp3) is 0.0769. The van der Waals surface area contributed by atoms with Gasteiger partial charge in [0.25, 0.3) is 0 Å². The van der Waals surface area contributed by atoms with Gasteiger partial charge in [-0.3, -0.25) is 10.1 Å². The van der Waals surface area contributed by atoms with Gasteiger partial charge in [-0.15, -0.1) is 0 Å². The zero-order valence-corrected chi connectivity index (χ0v) is 12.8. The van der Waals surface area contributed by atoms with Crippen LogP contribution in [0.2, 0.25) is 0 Å². The maximum absolute atomic E-state index is 11.1. The van der Waals surface area contributed by atoms with Crippen LogP contribution in [-0.4, -0.2) is 9.91 Å². The Balaban J connectivity index is 2.43. The van der Waals surface area contributed by atoms with E-state index in [2.05, 4.69) is 4.98 Å². The Labute approximate surface area is 133 Å². The molecule has 0 aliphatic heterocycles. The molecule has 0 amide bonds. The second-order valence-corrected chi connectivity index (χ2v) is 5.15. The quantitative estimate of drug-likeness (QED) is 0.483. The van der Waals surface area contributed by atoms with E-state index in [1.54, 1.807) is 12.1 Å². The molecule has 2 aromatic rings. The number of benzene rings is 1. The molecular weight excluding hydrogens is 387 g/mol. The Morgan fingerprint density at radius 1 is 1.48 bits per heavy atom. The highest BCUT2D eigenvalue weighted by Gasteiger charge is 2.21. The van der Waals surface area contributed by atoms with Crippen LogP contribution in [0, 0.1) is 25.0 Å². The number of aromatic nitrogens is 1. The Hall–Kier alpha value is -2.25. The second kappa shape index (κ2) is 6.47. The Bertz CT molecular complexity index is 725. The molecule has 0 atom stereocenters. The molecule has 0 spiro atoms. The standard InChI is InChI=1S/C13H9IN4O3/c14-10-3-9(6-16)4-11(18(19)20)13(10)21-12-2-1-8(5-15)7-17-12/h1-4,7H,5,15H2. The molecule has 0 fully saturated rings. The van der Waals surface area contributed by atoms with Gasteiger partial charge in [0.15, 0.2) is 0 Å². The van der Waals surface area contributed by atoms with Crippen molar-refractivity contribution in [1.82, 2.24) is 4.98 Å². The van der Waals surface area contributed by atoms with Crippen LogP contribution in [0.1, 0.15) is 11.1 Å². The summed E-state index contributed by atoms with van der Waals surface area (Å²) in [7, 11) is 0. The van der Waals surface area contributed by atoms with E-state index >= 15 is 0 Å². The minimum absolute atomic E-state index is 0.0626. The van der Waals surface area contributed by atoms with Gasteiger partial charge in [-0.05, 0) is 34.2 Å². The monoisotopic (exact) mass is 396 g/mol. The van der Waals surface area contributed by atoms with E-state index in [0.29, 0.717) is 10.1 Å². The van der Waals surface area contributed by atoms with Gasteiger partial charge in [-0.1, -0.05) is 6.07 Å². The predicted molar refractivity (Wildman–Crippen MR) is 82.7 cm³/mol. The smallest absolute Gasteiger partial charge is 0.314 e. The average Bonchev–Trinajstić information content (AvgIpc) is 2.49. The molecule has 1 aromatic carbocycles. The fourth-order valence-electron chi connectivity index (χ4n) is 1.58. The molecule has 2 N–H and O–H groups in total. The normalized spacial score (nSPS) is 9.95. The molecule has 0 unspecified atom stereocenters. The molecule has 1 heterocycles. The summed E-state index contributed by atoms with van der Waals surface area (Å²) in [5.74, 6) is 0.283. The Kier molecular flexibility index (Phi) is 4.66. The first-order chi connectivity index (χ1) is 10.0. The van der Waals surface area contributed by atoms with Crippen LogP contribution in [-0.2, 0) is 6.54 Å². The molecule has 21 heavy (non-hydrogen) atoms. The molecule has 8 heteroatoms. The Morgan fingerprint density at radius 3 is 2.76 bits per heavy atom. The van der Waals surface area contributed by atoms with Crippen molar-refractivity contribution in [2.75, 3.05) is 0 Å². The zero-order valence-electron chi connectivity index (χ0n) is 10.6. The van der Waals surface area contributed by atoms with Gasteiger partial charge >= 0.3 is 5.69 Å². The zero-order chi connectivity index (χ0) is 15.4. The number of halogens is 1. The number of ether oxygens (including phenoxy) is 1. The molecule has 1 aromatic heterocycles. The molecule has 0 radical (unpaired) electrons. The summed E-state index contributed by atoms with van der Waals surface area (Å²) < 4.78 is 5.95. The van der Waals surface area contributed by atoms with Gasteiger partial charge in [-0.25, -0.2) is 4.98 Å². The Morgan fingerprint density at radius 2 is 2.24 bits per heavy atom. The number of hydrogen-bond acceptors (Lipinski definition) is 6. The number of nitrogens with zero attached hydrogens (tertiary/aromatic N) is 3. The van der Waals surface area contributed by atoms with Gasteiger partial charge in [0.2, 0.25) is 11.6 Å². The number of rotatable bonds is 4. The first kappa shape index (κ1) is 15.1. The van der Waals surface area contributed by atoms with E-state index in [-0.39, 0.29) is 22.9 Å². The van der Waals surface area contributed by atoms with Crippen LogP contribution in [0.15, 0.2) is 30.5 Å². The van der Waals surface area contributed by atoms with E-state index in [0.717, 1.165) is 5.56 Å². The van der Waals surface area contributed by atoms with Gasteiger partial charge < -0.3 is 10.5 Å². The van der Waals surface area contributed by atoms with Gasteiger partial charge in [-0.2, -0.15) is 5.26 Å². The van der Waals surface area contributed by atoms with Gasteiger partial charge in [0.1, 0.15) is 0 Å². The van der Waals surface area contributed by atoms with Crippen molar-refractivity contribution in [2.24, 2.45) is 5.73 Å². The molecule has 0 bridgehead atoms. The van der Waals surface area contributed by atoms with Crippen LogP contribution in [0.25, 0.3) is 0 Å². The first-order valence-electron chi connectivity index (χ1n) is 5.76. The van der Waals surface area contributed by atoms with E-state index in [1.807, 2.05) is 28.7 Å². The average molecular weight is 396 g/mol. The van der Waals surface area contributed by atoms with E-state index in [1.165, 1.54) is 18.3 Å². The second-order valence-electron chi connectivity index (χ2n) is 3.99. The van der Waals surface area contributed by atoms with E-state index < -0.39 is 4.92 Å². The van der Waals surface area contributed by atoms with Crippen LogP contribution in [0.4, 0.5) is 5.69 Å². The third-order valence-electron chi connectivity index (χ3n) is 2.59. The summed E-state index contributed by atoms with van der Waals surface area (Å²) in [6.07, 6.45) is 1.54. The van der Waals surface area contributed by atoms with E-state index in [4.69, 9.17) is 15.7 Å². The summed E-state index contributed by atoms with van der Waals surface area (Å²) in [5, 5.41) is 20.0. The lowest BCUT2D eigenvalue weighted by Crippen LogP contribution is -2.00. The molecule has 0 aliphatic carbocycles. The fourth-order valence-corrected chi connectivity index (χ4v) is 2.30. The van der Waals surface area contributed by atoms with Crippen molar-refractivity contribution in [3.8, 4) is 17.7 Å². The molecule has 0 aliphatic rings. The summed E-state index contributed by atoms with van der Waals surface area (Å²) in [6.45, 7) is 0.349. The summed E-state index contributed by atoms with van der Waals surface area (Å²) in [4.78, 5) is 14.6. The lowest BCUT2D eigenvalue weighted by atomic mass is 10.2.